The first kappa shape index (κ1) is 20.5. The summed E-state index contributed by atoms with van der Waals surface area (Å²) >= 11 is 15.5. The van der Waals surface area contributed by atoms with E-state index in [1.54, 1.807) is 6.07 Å². The van der Waals surface area contributed by atoms with Crippen LogP contribution in [0.25, 0.3) is 0 Å². The van der Waals surface area contributed by atoms with Crippen LogP contribution in [-0.4, -0.2) is 32.1 Å². The normalized spacial score (nSPS) is 11.1. The number of ether oxygens (including phenoxy) is 1. The third-order valence-electron chi connectivity index (χ3n) is 3.68. The van der Waals surface area contributed by atoms with Gasteiger partial charge >= 0.3 is 0 Å². The molecule has 0 aliphatic heterocycles. The van der Waals surface area contributed by atoms with E-state index in [4.69, 9.17) is 27.9 Å². The first-order valence-electron chi connectivity index (χ1n) is 8.16. The Hall–Kier alpha value is -0.780. The van der Waals surface area contributed by atoms with Gasteiger partial charge in [-0.15, -0.1) is 0 Å². The van der Waals surface area contributed by atoms with E-state index in [9.17, 15) is 0 Å². The molecule has 2 aromatic rings. The number of nitrogens with one attached hydrogen (secondary N) is 1. The molecule has 0 bridgehead atoms. The Morgan fingerprint density at radius 3 is 2.60 bits per heavy atom. The van der Waals surface area contributed by atoms with E-state index in [0.717, 1.165) is 47.4 Å². The van der Waals surface area contributed by atoms with Gasteiger partial charge in [0.2, 0.25) is 0 Å². The number of hydrogen-bond donors (Lipinski definition) is 1. The van der Waals surface area contributed by atoms with Crippen LogP contribution in [0.4, 0.5) is 0 Å². The smallest absolute Gasteiger partial charge is 0.124 e. The Balaban J connectivity index is 1.94. The molecular formula is C19H23BrCl2N2O. The summed E-state index contributed by atoms with van der Waals surface area (Å²) in [7, 11) is 4.17. The fraction of sp³-hybridized carbons (Fsp3) is 0.368. The van der Waals surface area contributed by atoms with Gasteiger partial charge in [0.15, 0.2) is 0 Å². The van der Waals surface area contributed by atoms with Crippen molar-refractivity contribution in [2.24, 2.45) is 0 Å². The van der Waals surface area contributed by atoms with Gasteiger partial charge < -0.3 is 15.0 Å². The minimum absolute atomic E-state index is 0.451. The van der Waals surface area contributed by atoms with Gasteiger partial charge in [-0.05, 0) is 69.5 Å². The molecule has 0 aliphatic rings. The average Bonchev–Trinajstić information content (AvgIpc) is 2.56. The lowest BCUT2D eigenvalue weighted by atomic mass is 10.2. The summed E-state index contributed by atoms with van der Waals surface area (Å²) in [5.74, 6) is 0.870. The average molecular weight is 446 g/mol. The largest absolute Gasteiger partial charge is 0.489 e. The maximum Gasteiger partial charge on any atom is 0.124 e. The molecule has 6 heteroatoms. The Bertz CT molecular complexity index is 695. The lowest BCUT2D eigenvalue weighted by Crippen LogP contribution is -2.21. The molecule has 2 rings (SSSR count). The van der Waals surface area contributed by atoms with Crippen molar-refractivity contribution in [1.82, 2.24) is 10.2 Å². The van der Waals surface area contributed by atoms with Gasteiger partial charge in [-0.2, -0.15) is 0 Å². The van der Waals surface area contributed by atoms with Crippen LogP contribution >= 0.6 is 39.1 Å². The zero-order valence-corrected chi connectivity index (χ0v) is 17.6. The van der Waals surface area contributed by atoms with Gasteiger partial charge in [0, 0.05) is 16.6 Å². The Morgan fingerprint density at radius 1 is 1.08 bits per heavy atom. The number of benzene rings is 2. The van der Waals surface area contributed by atoms with E-state index in [-0.39, 0.29) is 0 Å². The maximum absolute atomic E-state index is 6.06. The molecule has 0 amide bonds. The molecule has 0 aliphatic carbocycles. The zero-order valence-electron chi connectivity index (χ0n) is 14.5. The second kappa shape index (κ2) is 10.4. The summed E-state index contributed by atoms with van der Waals surface area (Å²) in [5.41, 5.74) is 2.11. The van der Waals surface area contributed by atoms with Crippen molar-refractivity contribution in [2.75, 3.05) is 27.2 Å². The van der Waals surface area contributed by atoms with Gasteiger partial charge in [-0.25, -0.2) is 0 Å². The second-order valence-electron chi connectivity index (χ2n) is 6.12. The van der Waals surface area contributed by atoms with Crippen LogP contribution in [0.5, 0.6) is 5.75 Å². The predicted octanol–water partition coefficient (Wildman–Crippen LogP) is 5.38. The number of nitrogens with zero attached hydrogens (tertiary/aromatic N) is 1. The maximum atomic E-state index is 6.06. The second-order valence-corrected chi connectivity index (χ2v) is 7.85. The van der Waals surface area contributed by atoms with Crippen molar-refractivity contribution >= 4 is 39.1 Å². The molecule has 0 heterocycles. The van der Waals surface area contributed by atoms with Crippen LogP contribution in [0.3, 0.4) is 0 Å². The SMILES string of the molecule is CN(C)CCCNCc1cc(Br)ccc1OCc1ccc(Cl)c(Cl)c1. The lowest BCUT2D eigenvalue weighted by molar-refractivity contribution is 0.302. The number of rotatable bonds is 9. The van der Waals surface area contributed by atoms with Gasteiger partial charge in [-0.1, -0.05) is 45.2 Å². The highest BCUT2D eigenvalue weighted by Gasteiger charge is 2.06. The summed E-state index contributed by atoms with van der Waals surface area (Å²) in [6.45, 7) is 3.26. The van der Waals surface area contributed by atoms with Crippen LogP contribution in [0.1, 0.15) is 17.5 Å². The third kappa shape index (κ3) is 7.16. The molecular weight excluding hydrogens is 423 g/mol. The molecule has 0 unspecified atom stereocenters. The lowest BCUT2D eigenvalue weighted by Gasteiger charge is -2.14. The van der Waals surface area contributed by atoms with E-state index in [0.29, 0.717) is 16.7 Å². The highest BCUT2D eigenvalue weighted by molar-refractivity contribution is 9.10. The van der Waals surface area contributed by atoms with Crippen molar-refractivity contribution in [1.29, 1.82) is 0 Å². The highest BCUT2D eigenvalue weighted by Crippen LogP contribution is 2.26. The Morgan fingerprint density at radius 2 is 1.88 bits per heavy atom. The standard InChI is InChI=1S/C19H23BrCl2N2O/c1-24(2)9-3-8-23-12-15-11-16(20)5-7-19(15)25-13-14-4-6-17(21)18(22)10-14/h4-7,10-11,23H,3,8-9,12-13H2,1-2H3. The fourth-order valence-corrected chi connectivity index (χ4v) is 3.09. The summed E-state index contributed by atoms with van der Waals surface area (Å²) in [4.78, 5) is 2.19. The van der Waals surface area contributed by atoms with Crippen molar-refractivity contribution < 1.29 is 4.74 Å². The summed E-state index contributed by atoms with van der Waals surface area (Å²) in [6.07, 6.45) is 1.11. The van der Waals surface area contributed by atoms with E-state index in [2.05, 4.69) is 46.3 Å². The van der Waals surface area contributed by atoms with Crippen LogP contribution in [0.2, 0.25) is 10.0 Å². The van der Waals surface area contributed by atoms with Gasteiger partial charge in [0.25, 0.3) is 0 Å². The van der Waals surface area contributed by atoms with Crippen LogP contribution in [0, 0.1) is 0 Å². The molecule has 136 valence electrons. The summed E-state index contributed by atoms with van der Waals surface area (Å²) in [5, 5.41) is 4.57. The topological polar surface area (TPSA) is 24.5 Å². The molecule has 0 saturated carbocycles. The fourth-order valence-electron chi connectivity index (χ4n) is 2.36. The van der Waals surface area contributed by atoms with Gasteiger partial charge in [0.05, 0.1) is 10.0 Å². The van der Waals surface area contributed by atoms with Crippen LogP contribution < -0.4 is 10.1 Å². The van der Waals surface area contributed by atoms with Crippen molar-refractivity contribution in [3.05, 3.63) is 62.0 Å². The first-order chi connectivity index (χ1) is 12.0. The van der Waals surface area contributed by atoms with Gasteiger partial charge in [-0.3, -0.25) is 0 Å². The minimum atomic E-state index is 0.451. The van der Waals surface area contributed by atoms with Crippen molar-refractivity contribution in [3.63, 3.8) is 0 Å². The molecule has 0 aromatic heterocycles. The molecule has 1 N–H and O–H groups in total. The Kier molecular flexibility index (Phi) is 8.53. The molecule has 0 radical (unpaired) electrons. The monoisotopic (exact) mass is 444 g/mol. The molecule has 3 nitrogen and oxygen atoms in total. The predicted molar refractivity (Wildman–Crippen MR) is 110 cm³/mol. The zero-order chi connectivity index (χ0) is 18.2. The number of halogens is 3. The molecule has 2 aromatic carbocycles. The third-order valence-corrected chi connectivity index (χ3v) is 4.91. The van der Waals surface area contributed by atoms with E-state index >= 15 is 0 Å². The van der Waals surface area contributed by atoms with Crippen molar-refractivity contribution in [2.45, 2.75) is 19.6 Å². The summed E-state index contributed by atoms with van der Waals surface area (Å²) in [6, 6.07) is 11.6. The molecule has 0 fully saturated rings. The van der Waals surface area contributed by atoms with Gasteiger partial charge in [0.1, 0.15) is 12.4 Å². The van der Waals surface area contributed by atoms with E-state index in [1.165, 1.54) is 0 Å². The quantitative estimate of drug-likeness (QED) is 0.524. The first-order valence-corrected chi connectivity index (χ1v) is 9.71. The van der Waals surface area contributed by atoms with E-state index in [1.807, 2.05) is 24.3 Å². The molecule has 0 atom stereocenters. The van der Waals surface area contributed by atoms with Crippen molar-refractivity contribution in [3.8, 4) is 5.75 Å². The highest BCUT2D eigenvalue weighted by atomic mass is 79.9. The molecule has 25 heavy (non-hydrogen) atoms. The number of hydrogen-bond acceptors (Lipinski definition) is 3. The summed E-state index contributed by atoms with van der Waals surface area (Å²) < 4.78 is 7.04. The van der Waals surface area contributed by atoms with Crippen LogP contribution in [0.15, 0.2) is 40.9 Å². The van der Waals surface area contributed by atoms with Crippen LogP contribution in [-0.2, 0) is 13.2 Å². The molecule has 0 spiro atoms. The minimum Gasteiger partial charge on any atom is -0.489 e. The van der Waals surface area contributed by atoms with E-state index < -0.39 is 0 Å². The Labute approximate surface area is 168 Å². The molecule has 0 saturated heterocycles.